The quantitative estimate of drug-likeness (QED) is 0.651. The van der Waals surface area contributed by atoms with Gasteiger partial charge in [0.25, 0.3) is 0 Å². The number of amides is 2. The van der Waals surface area contributed by atoms with Crippen LogP contribution in [0.25, 0.3) is 0 Å². The van der Waals surface area contributed by atoms with Gasteiger partial charge in [0.1, 0.15) is 12.1 Å². The van der Waals surface area contributed by atoms with Gasteiger partial charge in [0.2, 0.25) is 11.8 Å². The highest BCUT2D eigenvalue weighted by Gasteiger charge is 2.39. The number of nitrogens with zero attached hydrogens (tertiary/aromatic N) is 1. The maximum atomic E-state index is 12.3. The topological polar surface area (TPSA) is 107 Å². The van der Waals surface area contributed by atoms with Crippen molar-refractivity contribution >= 4 is 17.8 Å². The number of aliphatic carboxylic acids is 1. The number of carbonyl (C=O) groups excluding carboxylic acids is 2. The zero-order valence-corrected chi connectivity index (χ0v) is 12.0. The van der Waals surface area contributed by atoms with Crippen molar-refractivity contribution in [3.05, 3.63) is 0 Å². The van der Waals surface area contributed by atoms with Crippen molar-refractivity contribution in [1.29, 1.82) is 0 Å². The average molecular weight is 286 g/mol. The Kier molecular flexibility index (Phi) is 5.10. The molecule has 114 valence electrons. The minimum atomic E-state index is -1.34. The number of nitrogens with one attached hydrogen (secondary N) is 1. The van der Waals surface area contributed by atoms with E-state index in [1.165, 1.54) is 4.90 Å². The van der Waals surface area contributed by atoms with E-state index in [1.807, 2.05) is 0 Å². The lowest BCUT2D eigenvalue weighted by molar-refractivity contribution is -0.147. The fourth-order valence-corrected chi connectivity index (χ4v) is 2.17. The summed E-state index contributed by atoms with van der Waals surface area (Å²) >= 11 is 0. The van der Waals surface area contributed by atoms with E-state index in [4.69, 9.17) is 10.2 Å². The van der Waals surface area contributed by atoms with Gasteiger partial charge in [-0.15, -0.1) is 0 Å². The number of aliphatic hydroxyl groups is 1. The first kappa shape index (κ1) is 16.4. The van der Waals surface area contributed by atoms with Crippen molar-refractivity contribution in [1.82, 2.24) is 10.2 Å². The molecule has 0 aromatic rings. The third-order valence-corrected chi connectivity index (χ3v) is 3.26. The van der Waals surface area contributed by atoms with E-state index in [0.717, 1.165) is 0 Å². The van der Waals surface area contributed by atoms with Crippen LogP contribution in [0.1, 0.15) is 33.6 Å². The fraction of sp³-hybridized carbons (Fsp3) is 0.769. The van der Waals surface area contributed by atoms with Crippen molar-refractivity contribution < 1.29 is 24.6 Å². The molecule has 0 radical (unpaired) electrons. The predicted molar refractivity (Wildman–Crippen MR) is 70.8 cm³/mol. The fourth-order valence-electron chi connectivity index (χ4n) is 2.17. The van der Waals surface area contributed by atoms with E-state index in [2.05, 4.69) is 5.32 Å². The van der Waals surface area contributed by atoms with Gasteiger partial charge in [0, 0.05) is 12.0 Å². The number of hydrogen-bond acceptors (Lipinski definition) is 4. The number of carboxylic acids is 1. The highest BCUT2D eigenvalue weighted by molar-refractivity contribution is 5.92. The summed E-state index contributed by atoms with van der Waals surface area (Å²) in [6.07, 6.45) is 1.21. The molecule has 0 aromatic carbocycles. The molecule has 1 rings (SSSR count). The Labute approximate surface area is 117 Å². The molecule has 1 saturated heterocycles. The van der Waals surface area contributed by atoms with Crippen molar-refractivity contribution in [2.45, 2.75) is 45.7 Å². The Morgan fingerprint density at radius 2 is 1.95 bits per heavy atom. The van der Waals surface area contributed by atoms with Gasteiger partial charge < -0.3 is 20.4 Å². The Balaban J connectivity index is 2.77. The third-order valence-electron chi connectivity index (χ3n) is 3.26. The van der Waals surface area contributed by atoms with Crippen LogP contribution in [0.4, 0.5) is 0 Å². The molecule has 1 fully saturated rings. The molecule has 1 heterocycles. The summed E-state index contributed by atoms with van der Waals surface area (Å²) in [7, 11) is 0. The van der Waals surface area contributed by atoms with Crippen LogP contribution in [-0.2, 0) is 14.4 Å². The monoisotopic (exact) mass is 286 g/mol. The van der Waals surface area contributed by atoms with Crippen LogP contribution in [0.3, 0.4) is 0 Å². The van der Waals surface area contributed by atoms with E-state index in [9.17, 15) is 14.4 Å². The lowest BCUT2D eigenvalue weighted by Crippen LogP contribution is -2.53. The molecular formula is C13H22N2O5. The van der Waals surface area contributed by atoms with Crippen LogP contribution < -0.4 is 5.32 Å². The normalized spacial score (nSPS) is 20.6. The van der Waals surface area contributed by atoms with Crippen molar-refractivity contribution in [2.24, 2.45) is 5.41 Å². The van der Waals surface area contributed by atoms with Gasteiger partial charge in [-0.05, 0) is 12.8 Å². The van der Waals surface area contributed by atoms with Gasteiger partial charge in [0.05, 0.1) is 6.61 Å². The van der Waals surface area contributed by atoms with Gasteiger partial charge in [0.15, 0.2) is 0 Å². The summed E-state index contributed by atoms with van der Waals surface area (Å²) in [5.74, 6) is -1.96. The smallest absolute Gasteiger partial charge is 0.328 e. The number of carbonyl (C=O) groups is 3. The van der Waals surface area contributed by atoms with E-state index < -0.39 is 36.0 Å². The lowest BCUT2D eigenvalue weighted by Gasteiger charge is -2.30. The van der Waals surface area contributed by atoms with Crippen LogP contribution in [-0.4, -0.2) is 58.1 Å². The average Bonchev–Trinajstić information content (AvgIpc) is 2.81. The number of rotatable bonds is 4. The first-order valence-corrected chi connectivity index (χ1v) is 6.63. The van der Waals surface area contributed by atoms with Gasteiger partial charge in [-0.3, -0.25) is 9.59 Å². The largest absolute Gasteiger partial charge is 0.480 e. The SMILES string of the molecule is CC(C)(C)C(=O)N1CCCC1C(=O)N[C@@H](CO)C(=O)O. The molecular weight excluding hydrogens is 264 g/mol. The van der Waals surface area contributed by atoms with Gasteiger partial charge in [-0.2, -0.15) is 0 Å². The van der Waals surface area contributed by atoms with Crippen LogP contribution >= 0.6 is 0 Å². The Bertz CT molecular complexity index is 402. The molecule has 0 saturated carbocycles. The lowest BCUT2D eigenvalue weighted by atomic mass is 9.94. The Morgan fingerprint density at radius 3 is 2.40 bits per heavy atom. The number of carboxylic acid groups (broad SMARTS) is 1. The maximum absolute atomic E-state index is 12.3. The molecule has 20 heavy (non-hydrogen) atoms. The molecule has 0 aromatic heterocycles. The van der Waals surface area contributed by atoms with E-state index in [1.54, 1.807) is 20.8 Å². The minimum absolute atomic E-state index is 0.133. The first-order chi connectivity index (χ1) is 9.18. The zero-order chi connectivity index (χ0) is 15.5. The summed E-state index contributed by atoms with van der Waals surface area (Å²) in [5, 5.41) is 20.0. The highest BCUT2D eigenvalue weighted by atomic mass is 16.4. The molecule has 1 unspecified atom stereocenters. The van der Waals surface area contributed by atoms with Crippen LogP contribution in [0.5, 0.6) is 0 Å². The Hall–Kier alpha value is -1.63. The molecule has 2 amide bonds. The number of aliphatic hydroxyl groups excluding tert-OH is 1. The van der Waals surface area contributed by atoms with Crippen molar-refractivity contribution in [3.63, 3.8) is 0 Å². The second kappa shape index (κ2) is 6.21. The van der Waals surface area contributed by atoms with Gasteiger partial charge >= 0.3 is 5.97 Å². The molecule has 3 N–H and O–H groups in total. The predicted octanol–water partition coefficient (Wildman–Crippen LogP) is -0.415. The second-order valence-electron chi connectivity index (χ2n) is 5.99. The molecule has 7 nitrogen and oxygen atoms in total. The molecule has 0 spiro atoms. The first-order valence-electron chi connectivity index (χ1n) is 6.63. The van der Waals surface area contributed by atoms with Gasteiger partial charge in [-0.25, -0.2) is 4.79 Å². The third kappa shape index (κ3) is 3.69. The van der Waals surface area contributed by atoms with E-state index in [-0.39, 0.29) is 5.91 Å². The summed E-state index contributed by atoms with van der Waals surface area (Å²) in [4.78, 5) is 36.6. The van der Waals surface area contributed by atoms with Crippen molar-refractivity contribution in [2.75, 3.05) is 13.2 Å². The summed E-state index contributed by atoms with van der Waals surface area (Å²) < 4.78 is 0. The summed E-state index contributed by atoms with van der Waals surface area (Å²) in [5.41, 5.74) is -0.591. The van der Waals surface area contributed by atoms with Crippen LogP contribution in [0.2, 0.25) is 0 Å². The number of likely N-dealkylation sites (tertiary alicyclic amines) is 1. The highest BCUT2D eigenvalue weighted by Crippen LogP contribution is 2.25. The zero-order valence-electron chi connectivity index (χ0n) is 12.0. The maximum Gasteiger partial charge on any atom is 0.328 e. The van der Waals surface area contributed by atoms with Crippen LogP contribution in [0.15, 0.2) is 0 Å². The molecule has 0 aliphatic carbocycles. The van der Waals surface area contributed by atoms with E-state index >= 15 is 0 Å². The van der Waals surface area contributed by atoms with Gasteiger partial charge in [-0.1, -0.05) is 20.8 Å². The molecule has 7 heteroatoms. The molecule has 1 aliphatic heterocycles. The second-order valence-corrected chi connectivity index (χ2v) is 5.99. The summed E-state index contributed by atoms with van der Waals surface area (Å²) in [6, 6.07) is -2.00. The Morgan fingerprint density at radius 1 is 1.35 bits per heavy atom. The number of hydrogen-bond donors (Lipinski definition) is 3. The molecule has 2 atom stereocenters. The standard InChI is InChI=1S/C13H22N2O5/c1-13(2,3)12(20)15-6-4-5-9(15)10(17)14-8(7-16)11(18)19/h8-9,16H,4-7H2,1-3H3,(H,14,17)(H,18,19)/t8-,9?/m0/s1. The van der Waals surface area contributed by atoms with E-state index in [0.29, 0.717) is 19.4 Å². The van der Waals surface area contributed by atoms with Crippen molar-refractivity contribution in [3.8, 4) is 0 Å². The van der Waals surface area contributed by atoms with Crippen LogP contribution in [0, 0.1) is 5.41 Å². The summed E-state index contributed by atoms with van der Waals surface area (Å²) in [6.45, 7) is 5.13. The molecule has 1 aliphatic rings. The minimum Gasteiger partial charge on any atom is -0.480 e. The molecule has 0 bridgehead atoms.